The molecule has 4 aliphatic rings. The van der Waals surface area contributed by atoms with Gasteiger partial charge < -0.3 is 51.3 Å². The largest absolute Gasteiger partial charge is 0.466 e. The van der Waals surface area contributed by atoms with Gasteiger partial charge in [0.05, 0.1) is 25.9 Å². The minimum absolute atomic E-state index is 0.0257. The van der Waals surface area contributed by atoms with Gasteiger partial charge in [-0.2, -0.15) is 0 Å². The molecule has 3 fully saturated rings. The summed E-state index contributed by atoms with van der Waals surface area (Å²) < 4.78 is 5.42. The van der Waals surface area contributed by atoms with Crippen molar-refractivity contribution in [2.24, 2.45) is 52.1 Å². The molecule has 11 atom stereocenters. The molecule has 0 amide bonds. The maximum atomic E-state index is 11.9. The molecule has 0 aromatic carbocycles. The van der Waals surface area contributed by atoms with E-state index in [2.05, 4.69) is 61.5 Å². The number of carbonyl (C=O) groups is 2. The van der Waals surface area contributed by atoms with E-state index in [1.807, 2.05) is 0 Å². The molecule has 4 rings (SSSR count). The summed E-state index contributed by atoms with van der Waals surface area (Å²) in [7, 11) is 0. The molecular formula is C83H163NO11. The van der Waals surface area contributed by atoms with E-state index in [0.717, 1.165) is 67.6 Å². The first-order valence-corrected chi connectivity index (χ1v) is 41.2. The van der Waals surface area contributed by atoms with E-state index in [1.54, 1.807) is 5.57 Å². The fraction of sp³-hybridized carbons (Fsp3) is 0.952. The summed E-state index contributed by atoms with van der Waals surface area (Å²) in [6.45, 7) is 19.2. The van der Waals surface area contributed by atoms with Gasteiger partial charge in [0, 0.05) is 19.6 Å². The van der Waals surface area contributed by atoms with Crippen molar-refractivity contribution in [3.8, 4) is 0 Å². The van der Waals surface area contributed by atoms with Crippen LogP contribution in [0.5, 0.6) is 0 Å². The molecule has 0 bridgehead atoms. The van der Waals surface area contributed by atoms with E-state index in [1.165, 1.54) is 302 Å². The Morgan fingerprint density at radius 1 is 0.526 bits per heavy atom. The number of carbonyl (C=O) groups excluding carboxylic acids is 2. The molecule has 0 aromatic rings. The molecule has 3 saturated carbocycles. The third-order valence-corrected chi connectivity index (χ3v) is 22.6. The van der Waals surface area contributed by atoms with E-state index < -0.39 is 37.3 Å². The summed E-state index contributed by atoms with van der Waals surface area (Å²) in [5.41, 5.74) is 7.38. The second-order valence-electron chi connectivity index (χ2n) is 31.1. The Bertz CT molecular complexity index is 1720. The zero-order valence-corrected chi connectivity index (χ0v) is 63.9. The van der Waals surface area contributed by atoms with Crippen molar-refractivity contribution in [1.82, 2.24) is 0 Å². The third kappa shape index (κ3) is 45.2. The van der Waals surface area contributed by atoms with Gasteiger partial charge in [0.1, 0.15) is 24.9 Å². The number of aliphatic hydroxyl groups excluding tert-OH is 8. The van der Waals surface area contributed by atoms with E-state index in [-0.39, 0.29) is 18.7 Å². The van der Waals surface area contributed by atoms with Crippen LogP contribution < -0.4 is 5.73 Å². The van der Waals surface area contributed by atoms with Crippen molar-refractivity contribution in [1.29, 1.82) is 0 Å². The maximum absolute atomic E-state index is 11.9. The van der Waals surface area contributed by atoms with E-state index in [9.17, 15) is 14.7 Å². The number of ether oxygens (including phenoxy) is 1. The molecular weight excluding hydrogens is 1190 g/mol. The quantitative estimate of drug-likeness (QED) is 0.0157. The highest BCUT2D eigenvalue weighted by atomic mass is 16.5. The molecule has 0 radical (unpaired) electrons. The Hall–Kier alpha value is -1.48. The van der Waals surface area contributed by atoms with Crippen molar-refractivity contribution in [2.45, 2.75) is 420 Å². The number of fused-ring (bicyclic) bond motifs is 5. The van der Waals surface area contributed by atoms with Gasteiger partial charge in [-0.15, -0.1) is 0 Å². The van der Waals surface area contributed by atoms with Crippen LogP contribution in [0.4, 0.5) is 0 Å². The van der Waals surface area contributed by atoms with Crippen LogP contribution in [0.3, 0.4) is 0 Å². The molecule has 0 spiro atoms. The third-order valence-electron chi connectivity index (χ3n) is 22.6. The summed E-state index contributed by atoms with van der Waals surface area (Å²) in [4.78, 5) is 22.4. The van der Waals surface area contributed by atoms with Crippen LogP contribution in [0.1, 0.15) is 396 Å². The molecule has 0 heterocycles. The van der Waals surface area contributed by atoms with Gasteiger partial charge in [0.25, 0.3) is 0 Å². The average Bonchev–Trinajstić information content (AvgIpc) is 1.69. The van der Waals surface area contributed by atoms with Crippen molar-refractivity contribution in [3.05, 3.63) is 11.6 Å². The number of hydrogen-bond donors (Lipinski definition) is 9. The lowest BCUT2D eigenvalue weighted by atomic mass is 9.47. The fourth-order valence-electron chi connectivity index (χ4n) is 16.4. The number of esters is 1. The minimum atomic E-state index is -1.86. The van der Waals surface area contributed by atoms with Gasteiger partial charge in [0.15, 0.2) is 5.78 Å². The standard InChI is InChI=1S/C32H64O2.C27H46O.C16H34O.C6H12O6.C2H7NO/c1-3-5-7-9-11-13-15-17-19-21-23-25-27-29-31-34-32(33)30-28-26-24-22-20-18-16-14-12-10-8-6-4-2;1-18(2)7-6-8-19(3)23-11-12-24-22-10-9-20-17-21(28)13-15-26(20,4)25(22)14-16-27(23,24)5;1-2-3-4-5-6-7-8-9-10-11-12-13-14-15-16-17;7-1-3(9)5(11)6(12)4(10)2-8;3-1-2-4/h3-31H2,1-2H3;9,18-19,21-25,28H,6-8,10-17H2,1-5H3;17H,2-16H2,1H3;3,5-9,11-12H,1-2H2;4H,1-3H2/t;19-,21+,22+,23-,24+,25+,26+,27-;;3-,5-,6-;/m.1.1./s1. The van der Waals surface area contributed by atoms with Crippen LogP contribution >= 0.6 is 0 Å². The molecule has 0 aliphatic heterocycles. The summed E-state index contributed by atoms with van der Waals surface area (Å²) in [6.07, 6.45) is 68.3. The molecule has 95 heavy (non-hydrogen) atoms. The predicted molar refractivity (Wildman–Crippen MR) is 401 cm³/mol. The fourth-order valence-corrected chi connectivity index (χ4v) is 16.4. The van der Waals surface area contributed by atoms with Gasteiger partial charge in [-0.05, 0) is 117 Å². The summed E-state index contributed by atoms with van der Waals surface area (Å²) >= 11 is 0. The lowest BCUT2D eigenvalue weighted by Crippen LogP contribution is -2.50. The molecule has 12 nitrogen and oxygen atoms in total. The topological polar surface area (TPSA) is 231 Å². The van der Waals surface area contributed by atoms with Crippen LogP contribution in [0.15, 0.2) is 11.6 Å². The second-order valence-corrected chi connectivity index (χ2v) is 31.1. The molecule has 4 aliphatic carbocycles. The van der Waals surface area contributed by atoms with Crippen LogP contribution in [0, 0.1) is 46.3 Å². The monoisotopic (exact) mass is 1350 g/mol. The van der Waals surface area contributed by atoms with Gasteiger partial charge >= 0.3 is 5.97 Å². The van der Waals surface area contributed by atoms with Gasteiger partial charge in [-0.25, -0.2) is 0 Å². The normalized spacial score (nSPS) is 22.3. The lowest BCUT2D eigenvalue weighted by molar-refractivity contribution is -0.144. The van der Waals surface area contributed by atoms with Crippen LogP contribution in [-0.4, -0.2) is 117 Å². The summed E-state index contributed by atoms with van der Waals surface area (Å²) in [5.74, 6) is 4.48. The molecule has 12 heteroatoms. The van der Waals surface area contributed by atoms with Crippen molar-refractivity contribution in [2.75, 3.05) is 39.6 Å². The first kappa shape index (κ1) is 93.5. The van der Waals surface area contributed by atoms with Gasteiger partial charge in [-0.3, -0.25) is 9.59 Å². The SMILES string of the molecule is CC(C)CCC[C@@H](C)[C@H]1CC[C@H]2[C@@H]3CC=C4C[C@@H](O)CC[C@]4(C)[C@H]3CC[C@]12C.CCCCCCCCCCCCCCCCO.CCCCCCCCCCCCCCCCOC(=O)CCCCCCCCCCCCCCC.NCCO.O=C(CO)[C@@H](O)[C@H](O)[C@H](O)CO. The molecule has 0 saturated heterocycles. The highest BCUT2D eigenvalue weighted by Gasteiger charge is 2.59. The summed E-state index contributed by atoms with van der Waals surface area (Å²) in [5, 5.41) is 69.7. The van der Waals surface area contributed by atoms with E-state index in [4.69, 9.17) is 46.2 Å². The average molecular weight is 1350 g/mol. The van der Waals surface area contributed by atoms with Gasteiger partial charge in [-0.1, -0.05) is 330 Å². The predicted octanol–water partition coefficient (Wildman–Crippen LogP) is 19.9. The number of hydrogen-bond acceptors (Lipinski definition) is 12. The Morgan fingerprint density at radius 3 is 1.35 bits per heavy atom. The minimum Gasteiger partial charge on any atom is -0.466 e. The van der Waals surface area contributed by atoms with Gasteiger partial charge in [0.2, 0.25) is 0 Å². The Kier molecular flexibility index (Phi) is 62.5. The number of rotatable bonds is 54. The first-order valence-electron chi connectivity index (χ1n) is 41.2. The molecule has 0 unspecified atom stereocenters. The van der Waals surface area contributed by atoms with E-state index >= 15 is 0 Å². The van der Waals surface area contributed by atoms with Crippen molar-refractivity contribution < 1.29 is 55.2 Å². The highest BCUT2D eigenvalue weighted by Crippen LogP contribution is 2.67. The number of nitrogens with two attached hydrogens (primary N) is 1. The summed E-state index contributed by atoms with van der Waals surface area (Å²) in [6, 6.07) is 0. The second kappa shape index (κ2) is 63.4. The maximum Gasteiger partial charge on any atom is 0.305 e. The Balaban J connectivity index is 0.00000129. The number of ketones is 1. The smallest absolute Gasteiger partial charge is 0.305 e. The number of aliphatic hydroxyl groups is 8. The first-order chi connectivity index (χ1) is 45.9. The Morgan fingerprint density at radius 2 is 0.947 bits per heavy atom. The number of unbranched alkanes of at least 4 members (excludes halogenated alkanes) is 38. The van der Waals surface area contributed by atoms with Crippen LogP contribution in [-0.2, 0) is 14.3 Å². The van der Waals surface area contributed by atoms with Crippen molar-refractivity contribution in [3.63, 3.8) is 0 Å². The van der Waals surface area contributed by atoms with Crippen LogP contribution in [0.25, 0.3) is 0 Å². The lowest BCUT2D eigenvalue weighted by Gasteiger charge is -2.58. The van der Waals surface area contributed by atoms with Crippen LogP contribution in [0.2, 0.25) is 0 Å². The number of allylic oxidation sites excluding steroid dienone is 1. The van der Waals surface area contributed by atoms with E-state index in [0.29, 0.717) is 37.0 Å². The highest BCUT2D eigenvalue weighted by molar-refractivity contribution is 5.84. The molecule has 566 valence electrons. The zero-order chi connectivity index (χ0) is 70.6. The Labute approximate surface area is 587 Å². The molecule has 10 N–H and O–H groups in total. The zero-order valence-electron chi connectivity index (χ0n) is 63.9. The van der Waals surface area contributed by atoms with Crippen molar-refractivity contribution >= 4 is 11.8 Å². The number of Topliss-reactive ketones (excluding diaryl/α,β-unsaturated/α-hetero) is 1. The molecule has 0 aromatic heterocycles.